The largest absolute Gasteiger partial charge is 0.340 e. The summed E-state index contributed by atoms with van der Waals surface area (Å²) in [7, 11) is 3.71. The summed E-state index contributed by atoms with van der Waals surface area (Å²) >= 11 is 0. The Bertz CT molecular complexity index is 928. The molecular formula is C19H23FN5O+. The van der Waals surface area contributed by atoms with Crippen molar-refractivity contribution in [2.45, 2.75) is 26.4 Å². The Morgan fingerprint density at radius 1 is 1.38 bits per heavy atom. The number of halogens is 1. The second-order valence-electron chi connectivity index (χ2n) is 6.72. The van der Waals surface area contributed by atoms with Gasteiger partial charge in [0, 0.05) is 25.8 Å². The number of aryl methyl sites for hydroxylation is 2. The van der Waals surface area contributed by atoms with Crippen LogP contribution in [0.5, 0.6) is 0 Å². The molecule has 0 aliphatic carbocycles. The highest BCUT2D eigenvalue weighted by Gasteiger charge is 2.22. The first-order valence-electron chi connectivity index (χ1n) is 8.46. The highest BCUT2D eigenvalue weighted by atomic mass is 19.1. The summed E-state index contributed by atoms with van der Waals surface area (Å²) in [5.41, 5.74) is 1.72. The number of benzene rings is 1. The highest BCUT2D eigenvalue weighted by Crippen LogP contribution is 2.18. The van der Waals surface area contributed by atoms with Gasteiger partial charge in [0.15, 0.2) is 11.5 Å². The Kier molecular flexibility index (Phi) is 4.88. The molecule has 3 rings (SSSR count). The number of carbonyl (C=O) groups is 1. The van der Waals surface area contributed by atoms with E-state index in [9.17, 15) is 9.18 Å². The van der Waals surface area contributed by atoms with Crippen LogP contribution < -0.4 is 4.57 Å². The van der Waals surface area contributed by atoms with Crippen LogP contribution in [0, 0.1) is 5.82 Å². The molecule has 3 aromatic rings. The lowest BCUT2D eigenvalue weighted by molar-refractivity contribution is -0.670. The van der Waals surface area contributed by atoms with E-state index in [2.05, 4.69) is 4.98 Å². The lowest BCUT2D eigenvalue weighted by Gasteiger charge is -2.26. The van der Waals surface area contributed by atoms with E-state index < -0.39 is 0 Å². The maximum absolute atomic E-state index is 14.3. The average Bonchev–Trinajstić information content (AvgIpc) is 3.21. The predicted octanol–water partition coefficient (Wildman–Crippen LogP) is 2.23. The molecule has 1 aromatic carbocycles. The third-order valence-corrected chi connectivity index (χ3v) is 4.22. The molecule has 0 bridgehead atoms. The fourth-order valence-electron chi connectivity index (χ4n) is 2.80. The zero-order valence-electron chi connectivity index (χ0n) is 15.4. The Labute approximate surface area is 152 Å². The standard InChI is InChI=1S/C19H23FN5O/c1-14(2)25(19(26)17-11-23(4)12-21-17)10-15-5-6-16(20)18(9-15)24-8-7-22(3)13-24/h5-9,11-14H,10H2,1-4H3/q+1. The second kappa shape index (κ2) is 7.11. The zero-order valence-corrected chi connectivity index (χ0v) is 15.4. The molecule has 0 N–H and O–H groups in total. The molecule has 26 heavy (non-hydrogen) atoms. The number of imidazole rings is 2. The predicted molar refractivity (Wildman–Crippen MR) is 95.1 cm³/mol. The van der Waals surface area contributed by atoms with Crippen LogP contribution in [0.2, 0.25) is 0 Å². The van der Waals surface area contributed by atoms with E-state index in [1.165, 1.54) is 6.07 Å². The van der Waals surface area contributed by atoms with Crippen molar-refractivity contribution in [1.82, 2.24) is 19.0 Å². The van der Waals surface area contributed by atoms with Crippen molar-refractivity contribution in [3.05, 3.63) is 66.5 Å². The van der Waals surface area contributed by atoms with Gasteiger partial charge in [-0.25, -0.2) is 13.9 Å². The summed E-state index contributed by atoms with van der Waals surface area (Å²) in [5.74, 6) is -0.448. The van der Waals surface area contributed by atoms with E-state index in [0.717, 1.165) is 5.56 Å². The molecule has 0 spiro atoms. The summed E-state index contributed by atoms with van der Waals surface area (Å²) in [6.45, 7) is 4.29. The van der Waals surface area contributed by atoms with Gasteiger partial charge in [-0.15, -0.1) is 0 Å². The van der Waals surface area contributed by atoms with Crippen LogP contribution >= 0.6 is 0 Å². The molecule has 136 valence electrons. The molecule has 6 nitrogen and oxygen atoms in total. The van der Waals surface area contributed by atoms with Crippen LogP contribution in [0.25, 0.3) is 5.69 Å². The number of hydrogen-bond donors (Lipinski definition) is 0. The van der Waals surface area contributed by atoms with Crippen molar-refractivity contribution in [2.24, 2.45) is 14.1 Å². The number of amides is 1. The number of aromatic nitrogens is 4. The SMILES string of the molecule is CC(C)N(Cc1ccc(F)c(-n2cc[n+](C)c2)c1)C(=O)c1cn(C)cn1. The smallest absolute Gasteiger partial charge is 0.274 e. The minimum absolute atomic E-state index is 0.0117. The van der Waals surface area contributed by atoms with Gasteiger partial charge >= 0.3 is 0 Å². The molecule has 0 fully saturated rings. The normalized spacial score (nSPS) is 11.2. The van der Waals surface area contributed by atoms with Crippen molar-refractivity contribution >= 4 is 5.91 Å². The first kappa shape index (κ1) is 17.8. The van der Waals surface area contributed by atoms with Crippen LogP contribution in [0.3, 0.4) is 0 Å². The topological polar surface area (TPSA) is 46.9 Å². The van der Waals surface area contributed by atoms with E-state index in [1.807, 2.05) is 38.7 Å². The van der Waals surface area contributed by atoms with Crippen molar-refractivity contribution in [3.8, 4) is 5.69 Å². The Morgan fingerprint density at radius 3 is 2.73 bits per heavy atom. The summed E-state index contributed by atoms with van der Waals surface area (Å²) in [4.78, 5) is 18.7. The molecule has 2 heterocycles. The molecule has 0 radical (unpaired) electrons. The van der Waals surface area contributed by atoms with Crippen molar-refractivity contribution in [1.29, 1.82) is 0 Å². The van der Waals surface area contributed by atoms with Crippen molar-refractivity contribution in [3.63, 3.8) is 0 Å². The molecule has 0 saturated carbocycles. The van der Waals surface area contributed by atoms with Crippen LogP contribution in [0.4, 0.5) is 4.39 Å². The third kappa shape index (κ3) is 3.66. The molecule has 0 aliphatic heterocycles. The first-order valence-corrected chi connectivity index (χ1v) is 8.46. The highest BCUT2D eigenvalue weighted by molar-refractivity contribution is 5.92. The van der Waals surface area contributed by atoms with Gasteiger partial charge in [0.25, 0.3) is 5.91 Å². The van der Waals surface area contributed by atoms with Gasteiger partial charge in [-0.05, 0) is 31.5 Å². The van der Waals surface area contributed by atoms with Crippen LogP contribution in [0.1, 0.15) is 29.9 Å². The molecular weight excluding hydrogens is 333 g/mol. The molecule has 0 saturated heterocycles. The van der Waals surface area contributed by atoms with Gasteiger partial charge in [0.2, 0.25) is 6.33 Å². The Hall–Kier alpha value is -2.96. The first-order chi connectivity index (χ1) is 12.3. The van der Waals surface area contributed by atoms with Gasteiger partial charge < -0.3 is 9.47 Å². The fraction of sp³-hybridized carbons (Fsp3) is 0.316. The molecule has 0 atom stereocenters. The zero-order chi connectivity index (χ0) is 18.8. The summed E-state index contributed by atoms with van der Waals surface area (Å²) in [6, 6.07) is 4.91. The summed E-state index contributed by atoms with van der Waals surface area (Å²) < 4.78 is 19.6. The van der Waals surface area contributed by atoms with Gasteiger partial charge in [0.05, 0.1) is 13.4 Å². The number of rotatable bonds is 5. The van der Waals surface area contributed by atoms with Crippen molar-refractivity contribution in [2.75, 3.05) is 0 Å². The van der Waals surface area contributed by atoms with Gasteiger partial charge in [-0.3, -0.25) is 4.79 Å². The molecule has 1 amide bonds. The minimum atomic E-state index is -0.308. The molecule has 0 unspecified atom stereocenters. The Morgan fingerprint density at radius 2 is 2.15 bits per heavy atom. The average molecular weight is 356 g/mol. The van der Waals surface area contributed by atoms with E-state index in [4.69, 9.17) is 0 Å². The quantitative estimate of drug-likeness (QED) is 0.658. The number of nitrogens with zero attached hydrogens (tertiary/aromatic N) is 5. The fourth-order valence-corrected chi connectivity index (χ4v) is 2.80. The molecule has 7 heteroatoms. The van der Waals surface area contributed by atoms with E-state index in [1.54, 1.807) is 51.2 Å². The number of carbonyl (C=O) groups excluding carboxylic acids is 1. The minimum Gasteiger partial charge on any atom is -0.340 e. The van der Waals surface area contributed by atoms with Crippen LogP contribution in [0.15, 0.2) is 49.4 Å². The van der Waals surface area contributed by atoms with E-state index in [-0.39, 0.29) is 17.8 Å². The lowest BCUT2D eigenvalue weighted by atomic mass is 10.1. The molecule has 0 aliphatic rings. The van der Waals surface area contributed by atoms with E-state index in [0.29, 0.717) is 17.9 Å². The van der Waals surface area contributed by atoms with Crippen LogP contribution in [-0.4, -0.2) is 31.0 Å². The van der Waals surface area contributed by atoms with Crippen LogP contribution in [-0.2, 0) is 20.6 Å². The maximum Gasteiger partial charge on any atom is 0.274 e. The monoisotopic (exact) mass is 356 g/mol. The van der Waals surface area contributed by atoms with Gasteiger partial charge in [-0.1, -0.05) is 6.07 Å². The third-order valence-electron chi connectivity index (χ3n) is 4.22. The number of hydrogen-bond acceptors (Lipinski definition) is 2. The van der Waals surface area contributed by atoms with Gasteiger partial charge in [-0.2, -0.15) is 4.57 Å². The maximum atomic E-state index is 14.3. The Balaban J connectivity index is 1.89. The second-order valence-corrected chi connectivity index (χ2v) is 6.72. The summed E-state index contributed by atoms with van der Waals surface area (Å²) in [5, 5.41) is 0. The van der Waals surface area contributed by atoms with Gasteiger partial charge in [0.1, 0.15) is 18.1 Å². The lowest BCUT2D eigenvalue weighted by Crippen LogP contribution is -2.36. The molecule has 2 aromatic heterocycles. The van der Waals surface area contributed by atoms with E-state index >= 15 is 0 Å². The van der Waals surface area contributed by atoms with Crippen molar-refractivity contribution < 1.29 is 13.8 Å². The summed E-state index contributed by atoms with van der Waals surface area (Å²) in [6.07, 6.45) is 8.74.